The van der Waals surface area contributed by atoms with Crippen LogP contribution in [0.25, 0.3) is 0 Å². The molecule has 17 heavy (non-hydrogen) atoms. The molecule has 0 radical (unpaired) electrons. The molecule has 1 unspecified atom stereocenters. The minimum absolute atomic E-state index is 0.0905. The maximum absolute atomic E-state index is 9.15. The summed E-state index contributed by atoms with van der Waals surface area (Å²) in [4.78, 5) is 4.22. The second-order valence-corrected chi connectivity index (χ2v) is 4.82. The lowest BCUT2D eigenvalue weighted by Crippen LogP contribution is -2.03. The molecule has 0 saturated carbocycles. The normalized spacial score (nSPS) is 11.7. The molecule has 0 fully saturated rings. The summed E-state index contributed by atoms with van der Waals surface area (Å²) in [6, 6.07) is 18.1. The van der Waals surface area contributed by atoms with E-state index in [0.29, 0.717) is 0 Å². The molecule has 0 aliphatic carbocycles. The highest BCUT2D eigenvalue weighted by atomic mass is 32.2. The van der Waals surface area contributed by atoms with Crippen molar-refractivity contribution in [3.8, 4) is 6.07 Å². The van der Waals surface area contributed by atoms with Gasteiger partial charge in [-0.05, 0) is 24.1 Å². The molecule has 1 aromatic heterocycles. The second-order valence-electron chi connectivity index (χ2n) is 3.59. The Morgan fingerprint density at radius 2 is 1.88 bits per heavy atom. The molecular formula is C14H12N2S. The number of rotatable bonds is 4. The van der Waals surface area contributed by atoms with E-state index in [1.807, 2.05) is 48.5 Å². The predicted molar refractivity (Wildman–Crippen MR) is 69.6 cm³/mol. The Hall–Kier alpha value is -1.79. The summed E-state index contributed by atoms with van der Waals surface area (Å²) >= 11 is 1.51. The van der Waals surface area contributed by atoms with E-state index in [9.17, 15) is 0 Å². The molecule has 2 nitrogen and oxygen atoms in total. The van der Waals surface area contributed by atoms with Crippen LogP contribution in [-0.2, 0) is 6.42 Å². The molecule has 0 aliphatic heterocycles. The standard InChI is InChI=1S/C14H12N2S/c15-11-13(10-12-6-2-1-3-7-12)17-14-8-4-5-9-16-14/h1-9,13H,10H2. The minimum Gasteiger partial charge on any atom is -0.250 e. The van der Waals surface area contributed by atoms with Gasteiger partial charge in [0.25, 0.3) is 0 Å². The fourth-order valence-electron chi connectivity index (χ4n) is 1.50. The van der Waals surface area contributed by atoms with Gasteiger partial charge in [0.2, 0.25) is 0 Å². The largest absolute Gasteiger partial charge is 0.250 e. The van der Waals surface area contributed by atoms with Crippen LogP contribution in [0.5, 0.6) is 0 Å². The average Bonchev–Trinajstić information content (AvgIpc) is 2.40. The van der Waals surface area contributed by atoms with Gasteiger partial charge in [0.15, 0.2) is 0 Å². The van der Waals surface area contributed by atoms with E-state index < -0.39 is 0 Å². The van der Waals surface area contributed by atoms with Gasteiger partial charge in [-0.15, -0.1) is 0 Å². The first-order chi connectivity index (χ1) is 8.38. The van der Waals surface area contributed by atoms with Gasteiger partial charge in [0.05, 0.1) is 11.1 Å². The summed E-state index contributed by atoms with van der Waals surface area (Å²) in [6.45, 7) is 0. The van der Waals surface area contributed by atoms with Crippen molar-refractivity contribution >= 4 is 11.8 Å². The van der Waals surface area contributed by atoms with Gasteiger partial charge in [-0.25, -0.2) is 4.98 Å². The summed E-state index contributed by atoms with van der Waals surface area (Å²) in [5.74, 6) is 0. The molecule has 0 N–H and O–H groups in total. The topological polar surface area (TPSA) is 36.7 Å². The molecule has 84 valence electrons. The lowest BCUT2D eigenvalue weighted by Gasteiger charge is -2.07. The Bertz CT molecular complexity index is 449. The van der Waals surface area contributed by atoms with Crippen LogP contribution in [0.15, 0.2) is 59.8 Å². The Morgan fingerprint density at radius 3 is 2.53 bits per heavy atom. The van der Waals surface area contributed by atoms with Crippen molar-refractivity contribution in [1.29, 1.82) is 5.26 Å². The van der Waals surface area contributed by atoms with E-state index in [1.165, 1.54) is 17.3 Å². The zero-order chi connectivity index (χ0) is 11.9. The number of nitrogens with zero attached hydrogens (tertiary/aromatic N) is 2. The molecule has 1 aromatic carbocycles. The van der Waals surface area contributed by atoms with Gasteiger partial charge in [-0.2, -0.15) is 5.26 Å². The number of thioether (sulfide) groups is 1. The van der Waals surface area contributed by atoms with Crippen molar-refractivity contribution in [2.24, 2.45) is 0 Å². The Kier molecular flexibility index (Phi) is 4.17. The zero-order valence-corrected chi connectivity index (χ0v) is 10.1. The van der Waals surface area contributed by atoms with Crippen molar-refractivity contribution in [3.63, 3.8) is 0 Å². The molecule has 0 aliphatic rings. The van der Waals surface area contributed by atoms with Crippen molar-refractivity contribution in [2.45, 2.75) is 16.7 Å². The number of hydrogen-bond donors (Lipinski definition) is 0. The van der Waals surface area contributed by atoms with Gasteiger partial charge in [0.1, 0.15) is 5.25 Å². The van der Waals surface area contributed by atoms with Crippen LogP contribution in [0.2, 0.25) is 0 Å². The van der Waals surface area contributed by atoms with E-state index >= 15 is 0 Å². The molecule has 0 spiro atoms. The van der Waals surface area contributed by atoms with Crippen LogP contribution < -0.4 is 0 Å². The molecular weight excluding hydrogens is 228 g/mol. The number of aromatic nitrogens is 1. The van der Waals surface area contributed by atoms with Crippen LogP contribution in [-0.4, -0.2) is 10.2 Å². The fourth-order valence-corrected chi connectivity index (χ4v) is 2.40. The van der Waals surface area contributed by atoms with Gasteiger partial charge in [-0.1, -0.05) is 48.2 Å². The number of benzene rings is 1. The van der Waals surface area contributed by atoms with Crippen molar-refractivity contribution in [3.05, 3.63) is 60.3 Å². The van der Waals surface area contributed by atoms with Crippen LogP contribution in [0.4, 0.5) is 0 Å². The third-order valence-electron chi connectivity index (χ3n) is 2.31. The van der Waals surface area contributed by atoms with Crippen molar-refractivity contribution in [2.75, 3.05) is 0 Å². The van der Waals surface area contributed by atoms with E-state index in [4.69, 9.17) is 5.26 Å². The lowest BCUT2D eigenvalue weighted by atomic mass is 10.1. The average molecular weight is 240 g/mol. The maximum atomic E-state index is 9.15. The summed E-state index contributed by atoms with van der Waals surface area (Å²) in [5.41, 5.74) is 1.18. The van der Waals surface area contributed by atoms with Crippen LogP contribution >= 0.6 is 11.8 Å². The summed E-state index contributed by atoms with van der Waals surface area (Å²) in [7, 11) is 0. The highest BCUT2D eigenvalue weighted by molar-refractivity contribution is 8.00. The van der Waals surface area contributed by atoms with Crippen LogP contribution in [0.3, 0.4) is 0 Å². The van der Waals surface area contributed by atoms with Crippen LogP contribution in [0, 0.1) is 11.3 Å². The first-order valence-corrected chi connectivity index (χ1v) is 6.27. The Morgan fingerprint density at radius 1 is 1.12 bits per heavy atom. The van der Waals surface area contributed by atoms with Crippen molar-refractivity contribution < 1.29 is 0 Å². The predicted octanol–water partition coefficient (Wildman–Crippen LogP) is 3.31. The summed E-state index contributed by atoms with van der Waals surface area (Å²) in [6.07, 6.45) is 2.50. The van der Waals surface area contributed by atoms with Crippen LogP contribution in [0.1, 0.15) is 5.56 Å². The molecule has 2 aromatic rings. The highest BCUT2D eigenvalue weighted by Crippen LogP contribution is 2.23. The molecule has 1 atom stereocenters. The second kappa shape index (κ2) is 6.07. The molecule has 0 amide bonds. The van der Waals surface area contributed by atoms with E-state index in [-0.39, 0.29) is 5.25 Å². The lowest BCUT2D eigenvalue weighted by molar-refractivity contribution is 1.02. The zero-order valence-electron chi connectivity index (χ0n) is 9.28. The van der Waals surface area contributed by atoms with E-state index in [2.05, 4.69) is 11.1 Å². The molecule has 1 heterocycles. The van der Waals surface area contributed by atoms with Gasteiger partial charge in [0, 0.05) is 6.20 Å². The smallest absolute Gasteiger partial charge is 0.102 e. The number of pyridine rings is 1. The first-order valence-electron chi connectivity index (χ1n) is 5.40. The van der Waals surface area contributed by atoms with Gasteiger partial charge in [-0.3, -0.25) is 0 Å². The molecule has 3 heteroatoms. The summed E-state index contributed by atoms with van der Waals surface area (Å²) in [5, 5.41) is 9.96. The van der Waals surface area contributed by atoms with E-state index in [1.54, 1.807) is 6.20 Å². The van der Waals surface area contributed by atoms with Gasteiger partial charge < -0.3 is 0 Å². The number of nitriles is 1. The minimum atomic E-state index is -0.0905. The monoisotopic (exact) mass is 240 g/mol. The summed E-state index contributed by atoms with van der Waals surface area (Å²) < 4.78 is 0. The molecule has 0 bridgehead atoms. The number of hydrogen-bond acceptors (Lipinski definition) is 3. The van der Waals surface area contributed by atoms with E-state index in [0.717, 1.165) is 11.4 Å². The highest BCUT2D eigenvalue weighted by Gasteiger charge is 2.10. The Balaban J connectivity index is 2.01. The first kappa shape index (κ1) is 11.7. The van der Waals surface area contributed by atoms with Crippen molar-refractivity contribution in [1.82, 2.24) is 4.98 Å². The third kappa shape index (κ3) is 3.61. The van der Waals surface area contributed by atoms with Gasteiger partial charge >= 0.3 is 0 Å². The third-order valence-corrected chi connectivity index (χ3v) is 3.35. The molecule has 0 saturated heterocycles. The maximum Gasteiger partial charge on any atom is 0.102 e. The molecule has 2 rings (SSSR count). The Labute approximate surface area is 105 Å². The fraction of sp³-hybridized carbons (Fsp3) is 0.143. The SMILES string of the molecule is N#CC(Cc1ccccc1)Sc1ccccn1. The quantitative estimate of drug-likeness (QED) is 0.769.